The number of nitrogens with one attached hydrogen (secondary N) is 1. The lowest BCUT2D eigenvalue weighted by Gasteiger charge is -2.15. The van der Waals surface area contributed by atoms with Crippen molar-refractivity contribution in [1.29, 1.82) is 5.26 Å². The van der Waals surface area contributed by atoms with E-state index in [0.717, 1.165) is 0 Å². The molecule has 1 amide bonds. The summed E-state index contributed by atoms with van der Waals surface area (Å²) in [6, 6.07) is 7.51. The van der Waals surface area contributed by atoms with Crippen LogP contribution in [0, 0.1) is 23.2 Å². The fraction of sp³-hybridized carbons (Fsp3) is 0.280. The number of hydrogen-bond acceptors (Lipinski definition) is 7. The highest BCUT2D eigenvalue weighted by Crippen LogP contribution is 2.33. The monoisotopic (exact) mass is 456 g/mol. The minimum absolute atomic E-state index is 0.0990. The summed E-state index contributed by atoms with van der Waals surface area (Å²) in [6.07, 6.45) is 3.54. The second kappa shape index (κ2) is 9.55. The molecule has 34 heavy (non-hydrogen) atoms. The van der Waals surface area contributed by atoms with Crippen molar-refractivity contribution in [3.63, 3.8) is 0 Å². The Bertz CT molecular complexity index is 1350. The SMILES string of the molecule is C=CC(=O)N1CCC(n2nc(C#Cc3cc(OC)cc(OC)c3)c3c(NC)ncc(C#N)c32)C1. The van der Waals surface area contributed by atoms with E-state index >= 15 is 0 Å². The van der Waals surface area contributed by atoms with Crippen LogP contribution in [0.3, 0.4) is 0 Å². The van der Waals surface area contributed by atoms with Gasteiger partial charge < -0.3 is 19.7 Å². The number of nitrogens with zero attached hydrogens (tertiary/aromatic N) is 5. The maximum Gasteiger partial charge on any atom is 0.246 e. The largest absolute Gasteiger partial charge is 0.497 e. The maximum atomic E-state index is 12.1. The number of anilines is 1. The summed E-state index contributed by atoms with van der Waals surface area (Å²) in [7, 11) is 4.92. The van der Waals surface area contributed by atoms with E-state index in [2.05, 4.69) is 34.8 Å². The molecule has 4 rings (SSSR count). The second-order valence-electron chi connectivity index (χ2n) is 7.68. The maximum absolute atomic E-state index is 12.1. The molecule has 0 radical (unpaired) electrons. The van der Waals surface area contributed by atoms with Gasteiger partial charge in [-0.15, -0.1) is 0 Å². The number of aromatic nitrogens is 3. The van der Waals surface area contributed by atoms with E-state index in [1.54, 1.807) is 32.2 Å². The standard InChI is InChI=1S/C25H24N6O3/c1-5-22(32)30-9-8-18(15-30)31-24-17(13-26)14-28-25(27-2)23(24)21(29-31)7-6-16-10-19(33-3)12-20(11-16)34-4/h5,10-12,14,18H,1,8-9,15H2,2-4H3,(H,27,28). The average Bonchev–Trinajstić information content (AvgIpc) is 3.51. The van der Waals surface area contributed by atoms with E-state index in [-0.39, 0.29) is 11.9 Å². The lowest BCUT2D eigenvalue weighted by atomic mass is 10.1. The Hall–Kier alpha value is -4.50. The third-order valence-electron chi connectivity index (χ3n) is 5.75. The van der Waals surface area contributed by atoms with Crippen molar-refractivity contribution in [2.75, 3.05) is 39.7 Å². The minimum Gasteiger partial charge on any atom is -0.497 e. The Kier molecular flexibility index (Phi) is 6.37. The number of ether oxygens (including phenoxy) is 2. The highest BCUT2D eigenvalue weighted by atomic mass is 16.5. The molecule has 1 N–H and O–H groups in total. The molecule has 3 heterocycles. The number of pyridine rings is 1. The molecule has 2 aromatic heterocycles. The van der Waals surface area contributed by atoms with Gasteiger partial charge >= 0.3 is 0 Å². The summed E-state index contributed by atoms with van der Waals surface area (Å²) >= 11 is 0. The quantitative estimate of drug-likeness (QED) is 0.465. The molecular weight excluding hydrogens is 432 g/mol. The number of rotatable bonds is 5. The van der Waals surface area contributed by atoms with Crippen LogP contribution in [0.15, 0.2) is 37.1 Å². The van der Waals surface area contributed by atoms with Gasteiger partial charge in [0.05, 0.1) is 36.7 Å². The Labute approximate surface area is 197 Å². The first kappa shape index (κ1) is 22.7. The van der Waals surface area contributed by atoms with Gasteiger partial charge in [-0.05, 0) is 30.6 Å². The van der Waals surface area contributed by atoms with Crippen LogP contribution in [-0.4, -0.2) is 59.9 Å². The molecule has 0 bridgehead atoms. The summed E-state index contributed by atoms with van der Waals surface area (Å²) in [5, 5.41) is 18.3. The van der Waals surface area contributed by atoms with Gasteiger partial charge in [0.2, 0.25) is 5.91 Å². The molecule has 1 aliphatic heterocycles. The first-order valence-electron chi connectivity index (χ1n) is 10.7. The van der Waals surface area contributed by atoms with Gasteiger partial charge in [-0.1, -0.05) is 12.5 Å². The number of fused-ring (bicyclic) bond motifs is 1. The molecule has 1 aliphatic rings. The van der Waals surface area contributed by atoms with E-state index in [1.165, 1.54) is 12.3 Å². The highest BCUT2D eigenvalue weighted by Gasteiger charge is 2.30. The van der Waals surface area contributed by atoms with Crippen molar-refractivity contribution in [3.05, 3.63) is 53.9 Å². The Morgan fingerprint density at radius 2 is 2.00 bits per heavy atom. The zero-order valence-electron chi connectivity index (χ0n) is 19.3. The van der Waals surface area contributed by atoms with Crippen molar-refractivity contribution in [2.45, 2.75) is 12.5 Å². The van der Waals surface area contributed by atoms with Crippen molar-refractivity contribution >= 4 is 22.6 Å². The molecule has 0 saturated carbocycles. The number of nitriles is 1. The van der Waals surface area contributed by atoms with Gasteiger partial charge in [0.15, 0.2) is 0 Å². The number of amides is 1. The van der Waals surface area contributed by atoms with E-state index < -0.39 is 0 Å². The molecule has 9 nitrogen and oxygen atoms in total. The molecule has 1 unspecified atom stereocenters. The fourth-order valence-corrected chi connectivity index (χ4v) is 4.08. The molecule has 1 aromatic carbocycles. The van der Waals surface area contributed by atoms with E-state index in [1.807, 2.05) is 16.8 Å². The van der Waals surface area contributed by atoms with Gasteiger partial charge in [-0.25, -0.2) is 4.98 Å². The number of methoxy groups -OCH3 is 2. The van der Waals surface area contributed by atoms with E-state index in [4.69, 9.17) is 14.6 Å². The number of carbonyl (C=O) groups excluding carboxylic acids is 1. The highest BCUT2D eigenvalue weighted by molar-refractivity contribution is 5.97. The van der Waals surface area contributed by atoms with Crippen LogP contribution in [-0.2, 0) is 4.79 Å². The lowest BCUT2D eigenvalue weighted by Crippen LogP contribution is -2.27. The summed E-state index contributed by atoms with van der Waals surface area (Å²) in [4.78, 5) is 18.2. The summed E-state index contributed by atoms with van der Waals surface area (Å²) in [5.41, 5.74) is 2.22. The normalized spacial score (nSPS) is 14.8. The minimum atomic E-state index is -0.121. The molecule has 1 atom stereocenters. The molecule has 0 aliphatic carbocycles. The molecular formula is C25H24N6O3. The molecule has 1 saturated heterocycles. The number of likely N-dealkylation sites (tertiary alicyclic amines) is 1. The van der Waals surface area contributed by atoms with Crippen molar-refractivity contribution in [3.8, 4) is 29.4 Å². The Morgan fingerprint density at radius 3 is 2.62 bits per heavy atom. The van der Waals surface area contributed by atoms with E-state index in [9.17, 15) is 10.1 Å². The van der Waals surface area contributed by atoms with Crippen LogP contribution < -0.4 is 14.8 Å². The van der Waals surface area contributed by atoms with Crippen molar-refractivity contribution in [2.24, 2.45) is 0 Å². The van der Waals surface area contributed by atoms with E-state index in [0.29, 0.717) is 64.6 Å². The van der Waals surface area contributed by atoms with Crippen LogP contribution in [0.25, 0.3) is 10.9 Å². The summed E-state index contributed by atoms with van der Waals surface area (Å²) in [5.74, 6) is 7.98. The average molecular weight is 457 g/mol. The second-order valence-corrected chi connectivity index (χ2v) is 7.68. The molecule has 3 aromatic rings. The number of benzene rings is 1. The van der Waals surface area contributed by atoms with Gasteiger partial charge in [-0.2, -0.15) is 10.4 Å². The molecule has 9 heteroatoms. The first-order chi connectivity index (χ1) is 16.5. The Morgan fingerprint density at radius 1 is 1.26 bits per heavy atom. The number of hydrogen-bond donors (Lipinski definition) is 1. The Balaban J connectivity index is 1.86. The van der Waals surface area contributed by atoms with Crippen molar-refractivity contribution < 1.29 is 14.3 Å². The lowest BCUT2D eigenvalue weighted by molar-refractivity contribution is -0.125. The molecule has 0 spiro atoms. The molecule has 1 fully saturated rings. The third-order valence-corrected chi connectivity index (χ3v) is 5.75. The predicted octanol–water partition coefficient (Wildman–Crippen LogP) is 2.72. The van der Waals surface area contributed by atoms with Crippen LogP contribution in [0.4, 0.5) is 5.82 Å². The summed E-state index contributed by atoms with van der Waals surface area (Å²) in [6.45, 7) is 4.64. The number of carbonyl (C=O) groups is 1. The van der Waals surface area contributed by atoms with Crippen LogP contribution in [0.5, 0.6) is 11.5 Å². The third kappa shape index (κ3) is 4.12. The molecule has 172 valence electrons. The van der Waals surface area contributed by atoms with Gasteiger partial charge in [-0.3, -0.25) is 9.48 Å². The smallest absolute Gasteiger partial charge is 0.246 e. The van der Waals surface area contributed by atoms with Crippen LogP contribution in [0.1, 0.15) is 29.3 Å². The summed E-state index contributed by atoms with van der Waals surface area (Å²) < 4.78 is 12.5. The topological polar surface area (TPSA) is 105 Å². The van der Waals surface area contributed by atoms with Crippen LogP contribution in [0.2, 0.25) is 0 Å². The first-order valence-corrected chi connectivity index (χ1v) is 10.7. The van der Waals surface area contributed by atoms with Gasteiger partial charge in [0, 0.05) is 38.0 Å². The predicted molar refractivity (Wildman–Crippen MR) is 128 cm³/mol. The van der Waals surface area contributed by atoms with Crippen LogP contribution >= 0.6 is 0 Å². The fourth-order valence-electron chi connectivity index (χ4n) is 4.08. The van der Waals surface area contributed by atoms with Gasteiger partial charge in [0.1, 0.15) is 29.1 Å². The zero-order valence-corrected chi connectivity index (χ0v) is 19.3. The van der Waals surface area contributed by atoms with Gasteiger partial charge in [0.25, 0.3) is 0 Å². The zero-order chi connectivity index (χ0) is 24.2. The van der Waals surface area contributed by atoms with Crippen molar-refractivity contribution in [1.82, 2.24) is 19.7 Å².